The molecule has 0 bridgehead atoms. The first kappa shape index (κ1) is 19.0. The van der Waals surface area contributed by atoms with Crippen LogP contribution in [-0.4, -0.2) is 29.0 Å². The van der Waals surface area contributed by atoms with Gasteiger partial charge < -0.3 is 14.8 Å². The Kier molecular flexibility index (Phi) is 5.48. The standard InChI is InChI=1S/C22H21N3O3S/c1-3-28-18-9-7-16(8-10-18)23-21(26)12-17-14-29-22-24-20(13-25(17)22)15-5-4-6-19(11-15)27-2/h4-11,13-14H,3,12H2,1-2H3,(H,23,26). The normalized spacial score (nSPS) is 10.8. The van der Waals surface area contributed by atoms with E-state index in [1.54, 1.807) is 7.11 Å². The quantitative estimate of drug-likeness (QED) is 0.484. The van der Waals surface area contributed by atoms with Gasteiger partial charge in [-0.15, -0.1) is 11.3 Å². The zero-order valence-corrected chi connectivity index (χ0v) is 17.0. The Labute approximate surface area is 172 Å². The number of ether oxygens (including phenoxy) is 2. The molecule has 6 nitrogen and oxygen atoms in total. The molecule has 0 fully saturated rings. The Morgan fingerprint density at radius 2 is 2.00 bits per heavy atom. The molecule has 0 aliphatic heterocycles. The summed E-state index contributed by atoms with van der Waals surface area (Å²) in [5.74, 6) is 1.49. The molecule has 0 saturated heterocycles. The largest absolute Gasteiger partial charge is 0.497 e. The Bertz CT molecular complexity index is 1130. The van der Waals surface area contributed by atoms with Gasteiger partial charge in [0.15, 0.2) is 4.96 Å². The summed E-state index contributed by atoms with van der Waals surface area (Å²) in [6, 6.07) is 15.1. The highest BCUT2D eigenvalue weighted by atomic mass is 32.1. The van der Waals surface area contributed by atoms with Crippen LogP contribution < -0.4 is 14.8 Å². The number of hydrogen-bond donors (Lipinski definition) is 1. The van der Waals surface area contributed by atoms with Crippen molar-refractivity contribution in [2.75, 3.05) is 19.0 Å². The number of nitrogens with zero attached hydrogens (tertiary/aromatic N) is 2. The third kappa shape index (κ3) is 4.25. The van der Waals surface area contributed by atoms with E-state index >= 15 is 0 Å². The molecule has 148 valence electrons. The maximum absolute atomic E-state index is 12.5. The summed E-state index contributed by atoms with van der Waals surface area (Å²) < 4.78 is 12.7. The van der Waals surface area contributed by atoms with E-state index in [1.807, 2.05) is 71.4 Å². The van der Waals surface area contributed by atoms with Gasteiger partial charge in [0.05, 0.1) is 25.8 Å². The minimum absolute atomic E-state index is 0.0782. The van der Waals surface area contributed by atoms with Crippen LogP contribution in [0.25, 0.3) is 16.2 Å². The van der Waals surface area contributed by atoms with Gasteiger partial charge in [-0.1, -0.05) is 12.1 Å². The Balaban J connectivity index is 1.49. The summed E-state index contributed by atoms with van der Waals surface area (Å²) in [5.41, 5.74) is 3.47. The lowest BCUT2D eigenvalue weighted by Gasteiger charge is -2.07. The molecule has 4 aromatic rings. The van der Waals surface area contributed by atoms with Gasteiger partial charge in [0, 0.05) is 28.5 Å². The highest BCUT2D eigenvalue weighted by Crippen LogP contribution is 2.26. The number of aromatic nitrogens is 2. The molecular weight excluding hydrogens is 386 g/mol. The van der Waals surface area contributed by atoms with Crippen LogP contribution in [0.2, 0.25) is 0 Å². The number of thiazole rings is 1. The first-order valence-electron chi connectivity index (χ1n) is 9.29. The lowest BCUT2D eigenvalue weighted by Crippen LogP contribution is -2.15. The van der Waals surface area contributed by atoms with E-state index in [4.69, 9.17) is 9.47 Å². The second kappa shape index (κ2) is 8.36. The number of methoxy groups -OCH3 is 1. The maximum Gasteiger partial charge on any atom is 0.230 e. The average Bonchev–Trinajstić information content (AvgIpc) is 3.32. The summed E-state index contributed by atoms with van der Waals surface area (Å²) >= 11 is 1.52. The predicted molar refractivity (Wildman–Crippen MR) is 115 cm³/mol. The Morgan fingerprint density at radius 1 is 1.17 bits per heavy atom. The summed E-state index contributed by atoms with van der Waals surface area (Å²) in [7, 11) is 1.64. The van der Waals surface area contributed by atoms with Gasteiger partial charge in [-0.25, -0.2) is 4.98 Å². The van der Waals surface area contributed by atoms with Crippen LogP contribution in [0.4, 0.5) is 5.69 Å². The summed E-state index contributed by atoms with van der Waals surface area (Å²) in [6.07, 6.45) is 2.22. The number of anilines is 1. The fraction of sp³-hybridized carbons (Fsp3) is 0.182. The fourth-order valence-corrected chi connectivity index (χ4v) is 3.92. The molecule has 29 heavy (non-hydrogen) atoms. The van der Waals surface area contributed by atoms with E-state index in [0.29, 0.717) is 6.61 Å². The Morgan fingerprint density at radius 3 is 2.76 bits per heavy atom. The van der Waals surface area contributed by atoms with Crippen LogP contribution in [0.5, 0.6) is 11.5 Å². The van der Waals surface area contributed by atoms with E-state index < -0.39 is 0 Å². The van der Waals surface area contributed by atoms with Crippen LogP contribution in [0.1, 0.15) is 12.6 Å². The number of hydrogen-bond acceptors (Lipinski definition) is 5. The van der Waals surface area contributed by atoms with Gasteiger partial charge in [0.25, 0.3) is 0 Å². The van der Waals surface area contributed by atoms with Crippen molar-refractivity contribution >= 4 is 27.9 Å². The molecule has 0 radical (unpaired) electrons. The van der Waals surface area contributed by atoms with Crippen molar-refractivity contribution in [1.29, 1.82) is 0 Å². The summed E-state index contributed by atoms with van der Waals surface area (Å²) in [4.78, 5) is 18.0. The molecule has 0 atom stereocenters. The third-order valence-corrected chi connectivity index (χ3v) is 5.33. The number of amides is 1. The number of nitrogens with one attached hydrogen (secondary N) is 1. The van der Waals surface area contributed by atoms with Crippen molar-refractivity contribution < 1.29 is 14.3 Å². The fourth-order valence-electron chi connectivity index (χ4n) is 3.05. The van der Waals surface area contributed by atoms with E-state index in [9.17, 15) is 4.79 Å². The van der Waals surface area contributed by atoms with E-state index in [2.05, 4.69) is 10.3 Å². The highest BCUT2D eigenvalue weighted by Gasteiger charge is 2.13. The smallest absolute Gasteiger partial charge is 0.230 e. The Hall–Kier alpha value is -3.32. The molecule has 2 aromatic carbocycles. The first-order chi connectivity index (χ1) is 14.2. The van der Waals surface area contributed by atoms with Crippen molar-refractivity contribution in [3.05, 3.63) is 65.8 Å². The van der Waals surface area contributed by atoms with Crippen molar-refractivity contribution in [2.24, 2.45) is 0 Å². The minimum atomic E-state index is -0.0782. The summed E-state index contributed by atoms with van der Waals surface area (Å²) in [6.45, 7) is 2.55. The van der Waals surface area contributed by atoms with Gasteiger partial charge in [-0.05, 0) is 43.3 Å². The van der Waals surface area contributed by atoms with Crippen LogP contribution in [0.15, 0.2) is 60.1 Å². The molecule has 0 aliphatic carbocycles. The molecular formula is C22H21N3O3S. The molecule has 2 heterocycles. The van der Waals surface area contributed by atoms with Crippen molar-refractivity contribution in [1.82, 2.24) is 9.38 Å². The third-order valence-electron chi connectivity index (χ3n) is 4.44. The van der Waals surface area contributed by atoms with Crippen LogP contribution in [0.3, 0.4) is 0 Å². The molecule has 2 aromatic heterocycles. The van der Waals surface area contributed by atoms with E-state index in [0.717, 1.165) is 39.1 Å². The lowest BCUT2D eigenvalue weighted by atomic mass is 10.1. The SMILES string of the molecule is CCOc1ccc(NC(=O)Cc2csc3nc(-c4cccc(OC)c4)cn23)cc1. The number of rotatable bonds is 7. The second-order valence-electron chi connectivity index (χ2n) is 6.42. The number of benzene rings is 2. The number of carbonyl (C=O) groups excluding carboxylic acids is 1. The molecule has 7 heteroatoms. The lowest BCUT2D eigenvalue weighted by molar-refractivity contribution is -0.115. The van der Waals surface area contributed by atoms with Crippen LogP contribution >= 0.6 is 11.3 Å². The minimum Gasteiger partial charge on any atom is -0.497 e. The molecule has 1 N–H and O–H groups in total. The predicted octanol–water partition coefficient (Wildman–Crippen LogP) is 4.65. The van der Waals surface area contributed by atoms with Gasteiger partial charge in [0.1, 0.15) is 11.5 Å². The molecule has 4 rings (SSSR count). The zero-order chi connectivity index (χ0) is 20.2. The van der Waals surface area contributed by atoms with Crippen molar-refractivity contribution in [2.45, 2.75) is 13.3 Å². The topological polar surface area (TPSA) is 64.9 Å². The van der Waals surface area contributed by atoms with E-state index in [1.165, 1.54) is 11.3 Å². The second-order valence-corrected chi connectivity index (χ2v) is 7.26. The van der Waals surface area contributed by atoms with Gasteiger partial charge in [-0.3, -0.25) is 9.20 Å². The van der Waals surface area contributed by atoms with Gasteiger partial charge >= 0.3 is 0 Å². The number of imidazole rings is 1. The average molecular weight is 407 g/mol. The van der Waals surface area contributed by atoms with Crippen LogP contribution in [-0.2, 0) is 11.2 Å². The maximum atomic E-state index is 12.5. The number of fused-ring (bicyclic) bond motifs is 1. The summed E-state index contributed by atoms with van der Waals surface area (Å²) in [5, 5.41) is 4.90. The first-order valence-corrected chi connectivity index (χ1v) is 10.2. The van der Waals surface area contributed by atoms with Gasteiger partial charge in [-0.2, -0.15) is 0 Å². The van der Waals surface area contributed by atoms with Crippen molar-refractivity contribution in [3.63, 3.8) is 0 Å². The van der Waals surface area contributed by atoms with Gasteiger partial charge in [0.2, 0.25) is 5.91 Å². The molecule has 0 spiro atoms. The zero-order valence-electron chi connectivity index (χ0n) is 16.2. The molecule has 0 aliphatic rings. The highest BCUT2D eigenvalue weighted by molar-refractivity contribution is 7.15. The van der Waals surface area contributed by atoms with Crippen LogP contribution in [0, 0.1) is 0 Å². The molecule has 1 amide bonds. The van der Waals surface area contributed by atoms with E-state index in [-0.39, 0.29) is 12.3 Å². The van der Waals surface area contributed by atoms with Crippen molar-refractivity contribution in [3.8, 4) is 22.8 Å². The molecule has 0 saturated carbocycles. The number of carbonyl (C=O) groups is 1. The molecule has 0 unspecified atom stereocenters. The monoisotopic (exact) mass is 407 g/mol.